The summed E-state index contributed by atoms with van der Waals surface area (Å²) in [7, 11) is 2.69. The lowest BCUT2D eigenvalue weighted by molar-refractivity contribution is 0.0814. The van der Waals surface area contributed by atoms with E-state index >= 15 is 0 Å². The van der Waals surface area contributed by atoms with Crippen LogP contribution in [0.4, 0.5) is 0 Å². The summed E-state index contributed by atoms with van der Waals surface area (Å²) in [5.41, 5.74) is 2.66. The molecule has 1 aromatic heterocycles. The van der Waals surface area contributed by atoms with Crippen LogP contribution in [0.15, 0.2) is 30.5 Å². The van der Waals surface area contributed by atoms with Crippen molar-refractivity contribution in [3.63, 3.8) is 0 Å². The first kappa shape index (κ1) is 20.4. The van der Waals surface area contributed by atoms with Crippen molar-refractivity contribution in [1.29, 1.82) is 0 Å². The van der Waals surface area contributed by atoms with Crippen LogP contribution < -0.4 is 0 Å². The maximum atomic E-state index is 12.4. The summed E-state index contributed by atoms with van der Waals surface area (Å²) in [6, 6.07) is 6.93. The van der Waals surface area contributed by atoms with Crippen molar-refractivity contribution in [2.45, 2.75) is 45.8 Å². The minimum Gasteiger partial charge on any atom is -0.383 e. The van der Waals surface area contributed by atoms with E-state index in [0.717, 1.165) is 35.7 Å². The molecule has 0 spiro atoms. The lowest BCUT2D eigenvalue weighted by Gasteiger charge is -2.15. The third kappa shape index (κ3) is 5.54. The van der Waals surface area contributed by atoms with Crippen molar-refractivity contribution in [3.8, 4) is 0 Å². The van der Waals surface area contributed by atoms with Crippen molar-refractivity contribution in [2.24, 2.45) is 0 Å². The summed E-state index contributed by atoms with van der Waals surface area (Å²) in [6.07, 6.45) is 4.21. The Morgan fingerprint density at radius 1 is 1.31 bits per heavy atom. The number of ether oxygens (including phenoxy) is 1. The second-order valence-electron chi connectivity index (χ2n) is 8.02. The number of carbonyl (C=O) groups excluding carboxylic acids is 1. The molecule has 0 N–H and O–H groups in total. The van der Waals surface area contributed by atoms with E-state index in [1.54, 1.807) is 12.3 Å². The standard InChI is InChI=1S/C20H31N3O2Si/c1-7-18-17-9-8-16(20(24)10-11-22(2)3)14-19(17)23(21-18)15-25-12-13-26(4,5)6/h8-11,14H,7,12-13,15H2,1-6H3/b11-10+. The van der Waals surface area contributed by atoms with E-state index < -0.39 is 8.07 Å². The van der Waals surface area contributed by atoms with Crippen LogP contribution in [0.1, 0.15) is 23.0 Å². The first-order valence-electron chi connectivity index (χ1n) is 9.17. The molecule has 0 fully saturated rings. The summed E-state index contributed by atoms with van der Waals surface area (Å²) in [4.78, 5) is 14.2. The van der Waals surface area contributed by atoms with Crippen molar-refractivity contribution in [2.75, 3.05) is 20.7 Å². The molecule has 0 aliphatic heterocycles. The molecule has 2 aromatic rings. The molecule has 1 heterocycles. The number of aromatic nitrogens is 2. The number of allylic oxidation sites excluding steroid dienone is 1. The number of hydrogen-bond acceptors (Lipinski definition) is 4. The molecule has 0 aliphatic carbocycles. The van der Waals surface area contributed by atoms with Crippen LogP contribution in [0.25, 0.3) is 10.9 Å². The van der Waals surface area contributed by atoms with Gasteiger partial charge in [-0.1, -0.05) is 38.7 Å². The van der Waals surface area contributed by atoms with Gasteiger partial charge in [0.2, 0.25) is 0 Å². The molecular weight excluding hydrogens is 342 g/mol. The molecule has 0 unspecified atom stereocenters. The zero-order valence-corrected chi connectivity index (χ0v) is 17.9. The molecule has 0 amide bonds. The van der Waals surface area contributed by atoms with Crippen LogP contribution >= 0.6 is 0 Å². The Morgan fingerprint density at radius 2 is 2.04 bits per heavy atom. The number of hydrogen-bond donors (Lipinski definition) is 0. The van der Waals surface area contributed by atoms with E-state index in [1.165, 1.54) is 0 Å². The van der Waals surface area contributed by atoms with Gasteiger partial charge in [-0.05, 0) is 18.5 Å². The fraction of sp³-hybridized carbons (Fsp3) is 0.500. The average Bonchev–Trinajstić information content (AvgIpc) is 2.93. The molecule has 2 rings (SSSR count). The molecular formula is C20H31N3O2Si. The quantitative estimate of drug-likeness (QED) is 0.286. The molecule has 0 radical (unpaired) electrons. The maximum Gasteiger partial charge on any atom is 0.187 e. The monoisotopic (exact) mass is 373 g/mol. The summed E-state index contributed by atoms with van der Waals surface area (Å²) in [6.45, 7) is 10.3. The Bertz CT molecular complexity index is 788. The number of nitrogens with zero attached hydrogens (tertiary/aromatic N) is 3. The normalized spacial score (nSPS) is 12.2. The number of fused-ring (bicyclic) bond motifs is 1. The maximum absolute atomic E-state index is 12.4. The van der Waals surface area contributed by atoms with Crippen molar-refractivity contribution in [3.05, 3.63) is 41.7 Å². The Morgan fingerprint density at radius 3 is 2.65 bits per heavy atom. The fourth-order valence-corrected chi connectivity index (χ4v) is 3.35. The average molecular weight is 374 g/mol. The molecule has 0 bridgehead atoms. The predicted molar refractivity (Wildman–Crippen MR) is 110 cm³/mol. The zero-order chi connectivity index (χ0) is 19.3. The van der Waals surface area contributed by atoms with Gasteiger partial charge in [-0.3, -0.25) is 4.79 Å². The van der Waals surface area contributed by atoms with E-state index in [1.807, 2.05) is 41.9 Å². The van der Waals surface area contributed by atoms with Gasteiger partial charge >= 0.3 is 0 Å². The summed E-state index contributed by atoms with van der Waals surface area (Å²) >= 11 is 0. The SMILES string of the molecule is CCc1nn(COCC[Si](C)(C)C)c2cc(C(=O)/C=C/N(C)C)ccc12. The number of rotatable bonds is 9. The van der Waals surface area contributed by atoms with Crippen molar-refractivity contribution < 1.29 is 9.53 Å². The topological polar surface area (TPSA) is 47.4 Å². The summed E-state index contributed by atoms with van der Waals surface area (Å²) in [5, 5.41) is 5.77. The third-order valence-corrected chi connectivity index (χ3v) is 5.89. The van der Waals surface area contributed by atoms with Crippen LogP contribution in [0.2, 0.25) is 25.7 Å². The Labute approximate surface area is 157 Å². The molecule has 0 aliphatic rings. The first-order valence-corrected chi connectivity index (χ1v) is 12.9. The second kappa shape index (κ2) is 8.64. The van der Waals surface area contributed by atoms with Crippen LogP contribution in [-0.2, 0) is 17.9 Å². The van der Waals surface area contributed by atoms with E-state index in [4.69, 9.17) is 4.74 Å². The van der Waals surface area contributed by atoms with Gasteiger partial charge in [-0.15, -0.1) is 0 Å². The third-order valence-electron chi connectivity index (χ3n) is 4.18. The van der Waals surface area contributed by atoms with Gasteiger partial charge < -0.3 is 9.64 Å². The van der Waals surface area contributed by atoms with Crippen molar-refractivity contribution in [1.82, 2.24) is 14.7 Å². The fourth-order valence-electron chi connectivity index (χ4n) is 2.60. The molecule has 6 heteroatoms. The van der Waals surface area contributed by atoms with Gasteiger partial charge in [0.05, 0.1) is 11.2 Å². The number of benzene rings is 1. The Hall–Kier alpha value is -1.92. The lowest BCUT2D eigenvalue weighted by Crippen LogP contribution is -2.22. The van der Waals surface area contributed by atoms with Gasteiger partial charge in [0.25, 0.3) is 0 Å². The second-order valence-corrected chi connectivity index (χ2v) is 13.6. The highest BCUT2D eigenvalue weighted by Crippen LogP contribution is 2.22. The minimum absolute atomic E-state index is 0.00829. The van der Waals surface area contributed by atoms with Crippen LogP contribution in [0.5, 0.6) is 0 Å². The number of ketones is 1. The summed E-state index contributed by atoms with van der Waals surface area (Å²) in [5.74, 6) is -0.00829. The molecule has 26 heavy (non-hydrogen) atoms. The van der Waals surface area contributed by atoms with E-state index in [-0.39, 0.29) is 5.78 Å². The van der Waals surface area contributed by atoms with Gasteiger partial charge in [-0.2, -0.15) is 5.10 Å². The van der Waals surface area contributed by atoms with Crippen LogP contribution in [0, 0.1) is 0 Å². The molecule has 1 aromatic carbocycles. The molecule has 0 saturated carbocycles. The Kier molecular flexibility index (Phi) is 6.78. The lowest BCUT2D eigenvalue weighted by atomic mass is 10.1. The van der Waals surface area contributed by atoms with E-state index in [9.17, 15) is 4.79 Å². The van der Waals surface area contributed by atoms with Crippen LogP contribution in [0.3, 0.4) is 0 Å². The van der Waals surface area contributed by atoms with Crippen molar-refractivity contribution >= 4 is 24.8 Å². The Balaban J connectivity index is 2.23. The number of carbonyl (C=O) groups is 1. The van der Waals surface area contributed by atoms with Gasteiger partial charge in [-0.25, -0.2) is 4.68 Å². The van der Waals surface area contributed by atoms with Gasteiger partial charge in [0.1, 0.15) is 6.73 Å². The van der Waals surface area contributed by atoms with E-state index in [2.05, 4.69) is 31.7 Å². The van der Waals surface area contributed by atoms with Gasteiger partial charge in [0.15, 0.2) is 5.78 Å². The van der Waals surface area contributed by atoms with E-state index in [0.29, 0.717) is 12.3 Å². The van der Waals surface area contributed by atoms with Gasteiger partial charge in [0, 0.05) is 52.0 Å². The highest BCUT2D eigenvalue weighted by Gasteiger charge is 2.14. The highest BCUT2D eigenvalue weighted by molar-refractivity contribution is 6.76. The predicted octanol–water partition coefficient (Wildman–Crippen LogP) is 4.17. The molecule has 142 valence electrons. The summed E-state index contributed by atoms with van der Waals surface area (Å²) < 4.78 is 7.75. The number of aryl methyl sites for hydroxylation is 1. The highest BCUT2D eigenvalue weighted by atomic mass is 28.3. The zero-order valence-electron chi connectivity index (χ0n) is 16.9. The first-order chi connectivity index (χ1) is 12.2. The van der Waals surface area contributed by atoms with Crippen LogP contribution in [-0.4, -0.2) is 49.2 Å². The molecule has 5 nitrogen and oxygen atoms in total. The largest absolute Gasteiger partial charge is 0.383 e. The molecule has 0 saturated heterocycles. The minimum atomic E-state index is -1.10. The molecule has 0 atom stereocenters. The smallest absolute Gasteiger partial charge is 0.187 e.